The first-order valence-electron chi connectivity index (χ1n) is 9.98. The molecule has 2 aliphatic rings. The quantitative estimate of drug-likeness (QED) is 0.414. The van der Waals surface area contributed by atoms with Crippen LogP contribution in [0.15, 0.2) is 39.2 Å². The largest absolute Gasteiger partial charge is 0.415 e. The molecule has 1 atom stereocenters. The van der Waals surface area contributed by atoms with E-state index in [1.807, 2.05) is 18.3 Å². The molecular formula is C21H19N5OS2. The van der Waals surface area contributed by atoms with Crippen LogP contribution in [0.5, 0.6) is 0 Å². The molecule has 0 saturated heterocycles. The summed E-state index contributed by atoms with van der Waals surface area (Å²) >= 11 is 3.27. The van der Waals surface area contributed by atoms with Gasteiger partial charge in [0.15, 0.2) is 5.82 Å². The maximum Gasteiger partial charge on any atom is 0.282 e. The summed E-state index contributed by atoms with van der Waals surface area (Å²) in [6, 6.07) is 3.91. The number of nitrogens with zero attached hydrogens (tertiary/aromatic N) is 5. The summed E-state index contributed by atoms with van der Waals surface area (Å²) in [5.41, 5.74) is 2.32. The Bertz CT molecular complexity index is 1200. The van der Waals surface area contributed by atoms with Crippen molar-refractivity contribution in [1.82, 2.24) is 25.1 Å². The molecule has 146 valence electrons. The van der Waals surface area contributed by atoms with Crippen molar-refractivity contribution in [2.45, 2.75) is 55.2 Å². The van der Waals surface area contributed by atoms with Crippen LogP contribution >= 0.6 is 23.1 Å². The lowest BCUT2D eigenvalue weighted by atomic mass is 9.89. The van der Waals surface area contributed by atoms with Crippen molar-refractivity contribution < 1.29 is 4.42 Å². The number of hydrogen-bond acceptors (Lipinski definition) is 8. The minimum Gasteiger partial charge on any atom is -0.415 e. The number of fused-ring (bicyclic) bond motifs is 3. The number of hydrogen-bond donors (Lipinski definition) is 0. The Morgan fingerprint density at radius 2 is 2.10 bits per heavy atom. The van der Waals surface area contributed by atoms with Gasteiger partial charge in [0.1, 0.15) is 9.86 Å². The van der Waals surface area contributed by atoms with E-state index in [9.17, 15) is 0 Å². The zero-order chi connectivity index (χ0) is 19.4. The summed E-state index contributed by atoms with van der Waals surface area (Å²) in [5, 5.41) is 11.1. The molecule has 0 N–H and O–H groups in total. The molecule has 4 aromatic rings. The van der Waals surface area contributed by atoms with Gasteiger partial charge < -0.3 is 4.42 Å². The Kier molecular flexibility index (Phi) is 4.16. The van der Waals surface area contributed by atoms with E-state index in [1.54, 1.807) is 17.5 Å². The second kappa shape index (κ2) is 6.88. The topological polar surface area (TPSA) is 77.6 Å². The van der Waals surface area contributed by atoms with Crippen molar-refractivity contribution in [2.75, 3.05) is 0 Å². The van der Waals surface area contributed by atoms with Gasteiger partial charge in [0, 0.05) is 34.1 Å². The zero-order valence-electron chi connectivity index (χ0n) is 16.0. The van der Waals surface area contributed by atoms with Crippen molar-refractivity contribution in [3.8, 4) is 11.4 Å². The third-order valence-corrected chi connectivity index (χ3v) is 7.55. The highest BCUT2D eigenvalue weighted by Crippen LogP contribution is 2.44. The van der Waals surface area contributed by atoms with Crippen LogP contribution in [0.3, 0.4) is 0 Å². The van der Waals surface area contributed by atoms with Crippen molar-refractivity contribution in [1.29, 1.82) is 0 Å². The lowest BCUT2D eigenvalue weighted by Crippen LogP contribution is -2.08. The minimum absolute atomic E-state index is 0.448. The fourth-order valence-corrected chi connectivity index (χ4v) is 6.12. The Labute approximate surface area is 176 Å². The monoisotopic (exact) mass is 421 g/mol. The highest BCUT2D eigenvalue weighted by Gasteiger charge is 2.30. The fraction of sp³-hybridized carbons (Fsp3) is 0.381. The lowest BCUT2D eigenvalue weighted by Gasteiger charge is -2.18. The average Bonchev–Trinajstić information content (AvgIpc) is 3.37. The van der Waals surface area contributed by atoms with E-state index in [0.717, 1.165) is 52.9 Å². The highest BCUT2D eigenvalue weighted by atomic mass is 32.2. The molecule has 0 bridgehead atoms. The second-order valence-electron chi connectivity index (χ2n) is 7.91. The van der Waals surface area contributed by atoms with Crippen LogP contribution in [0.2, 0.25) is 0 Å². The third-order valence-electron chi connectivity index (χ3n) is 5.57. The van der Waals surface area contributed by atoms with Crippen LogP contribution < -0.4 is 0 Å². The normalized spacial score (nSPS) is 18.9. The highest BCUT2D eigenvalue weighted by molar-refractivity contribution is 7.99. The summed E-state index contributed by atoms with van der Waals surface area (Å²) in [4.78, 5) is 16.6. The molecule has 2 aliphatic carbocycles. The Morgan fingerprint density at radius 1 is 1.17 bits per heavy atom. The van der Waals surface area contributed by atoms with Gasteiger partial charge in [-0.05, 0) is 67.5 Å². The van der Waals surface area contributed by atoms with Crippen LogP contribution in [0.25, 0.3) is 21.6 Å². The van der Waals surface area contributed by atoms with E-state index in [-0.39, 0.29) is 0 Å². The maximum atomic E-state index is 5.92. The van der Waals surface area contributed by atoms with E-state index in [0.29, 0.717) is 17.0 Å². The summed E-state index contributed by atoms with van der Waals surface area (Å²) in [7, 11) is 0. The number of thiophene rings is 1. The van der Waals surface area contributed by atoms with Gasteiger partial charge in [-0.3, -0.25) is 4.98 Å². The Hall–Kier alpha value is -2.32. The van der Waals surface area contributed by atoms with Gasteiger partial charge in [-0.1, -0.05) is 6.92 Å². The second-order valence-corrected chi connectivity index (χ2v) is 9.93. The van der Waals surface area contributed by atoms with E-state index < -0.39 is 0 Å². The van der Waals surface area contributed by atoms with E-state index in [2.05, 4.69) is 22.1 Å². The fourth-order valence-electron chi connectivity index (χ4n) is 3.85. The van der Waals surface area contributed by atoms with Crippen LogP contribution in [0, 0.1) is 5.92 Å². The molecule has 4 heterocycles. The summed E-state index contributed by atoms with van der Waals surface area (Å²) < 4.78 is 5.92. The van der Waals surface area contributed by atoms with Crippen LogP contribution in [-0.2, 0) is 12.8 Å². The van der Waals surface area contributed by atoms with Gasteiger partial charge in [0.05, 0.1) is 0 Å². The number of aromatic nitrogens is 5. The van der Waals surface area contributed by atoms with Gasteiger partial charge in [0.25, 0.3) is 5.22 Å². The first kappa shape index (κ1) is 17.5. The van der Waals surface area contributed by atoms with Crippen molar-refractivity contribution in [3.05, 3.63) is 40.9 Å². The molecule has 0 aliphatic heterocycles. The van der Waals surface area contributed by atoms with Crippen molar-refractivity contribution >= 4 is 33.3 Å². The molecule has 0 spiro atoms. The molecule has 0 radical (unpaired) electrons. The van der Waals surface area contributed by atoms with Gasteiger partial charge in [-0.2, -0.15) is 0 Å². The molecule has 8 heteroatoms. The van der Waals surface area contributed by atoms with Crippen LogP contribution in [0.1, 0.15) is 48.4 Å². The first-order valence-corrected chi connectivity index (χ1v) is 11.6. The number of pyridine rings is 1. The van der Waals surface area contributed by atoms with Crippen LogP contribution in [-0.4, -0.2) is 25.1 Å². The van der Waals surface area contributed by atoms with Crippen molar-refractivity contribution in [3.63, 3.8) is 0 Å². The van der Waals surface area contributed by atoms with Crippen molar-refractivity contribution in [2.24, 2.45) is 5.92 Å². The molecule has 6 nitrogen and oxygen atoms in total. The Balaban J connectivity index is 1.49. The van der Waals surface area contributed by atoms with Gasteiger partial charge in [-0.15, -0.1) is 21.5 Å². The predicted octanol–water partition coefficient (Wildman–Crippen LogP) is 5.29. The van der Waals surface area contributed by atoms with Gasteiger partial charge >= 0.3 is 0 Å². The van der Waals surface area contributed by atoms with Crippen LogP contribution in [0.4, 0.5) is 0 Å². The average molecular weight is 422 g/mol. The summed E-state index contributed by atoms with van der Waals surface area (Å²) in [6.45, 7) is 2.33. The maximum absolute atomic E-state index is 5.92. The zero-order valence-corrected chi connectivity index (χ0v) is 17.6. The minimum atomic E-state index is 0.448. The predicted molar refractivity (Wildman–Crippen MR) is 112 cm³/mol. The lowest BCUT2D eigenvalue weighted by molar-refractivity contribution is 0.414. The molecule has 0 aromatic carbocycles. The van der Waals surface area contributed by atoms with E-state index in [4.69, 9.17) is 14.4 Å². The molecule has 6 rings (SSSR count). The third kappa shape index (κ3) is 3.24. The number of rotatable bonds is 4. The molecule has 0 unspecified atom stereocenters. The smallest absolute Gasteiger partial charge is 0.282 e. The summed E-state index contributed by atoms with van der Waals surface area (Å²) in [5.74, 6) is 2.62. The van der Waals surface area contributed by atoms with Gasteiger partial charge in [-0.25, -0.2) is 9.97 Å². The molecule has 0 amide bonds. The molecular weight excluding hydrogens is 402 g/mol. The summed E-state index contributed by atoms with van der Waals surface area (Å²) in [6.07, 6.45) is 9.27. The first-order chi connectivity index (χ1) is 14.2. The Morgan fingerprint density at radius 3 is 2.93 bits per heavy atom. The van der Waals surface area contributed by atoms with Gasteiger partial charge in [0.2, 0.25) is 5.89 Å². The molecule has 1 fully saturated rings. The SMILES string of the molecule is C[C@H]1CCc2c(sc3nc(-c4cccnc4)nc(Sc4nnc(C5CC5)o4)c23)C1. The standard InChI is InChI=1S/C21H19N5OS2/c1-11-4-7-14-15(9-11)28-19-16(14)20(24-17(23-19)13-3-2-8-22-10-13)29-21-26-25-18(27-21)12-5-6-12/h2-3,8,10-12H,4-7,9H2,1H3/t11-/m0/s1. The number of aryl methyl sites for hydroxylation is 1. The van der Waals surface area contributed by atoms with E-state index in [1.165, 1.54) is 34.0 Å². The van der Waals surface area contributed by atoms with E-state index >= 15 is 0 Å². The molecule has 29 heavy (non-hydrogen) atoms. The molecule has 4 aromatic heterocycles. The molecule has 1 saturated carbocycles.